The predicted molar refractivity (Wildman–Crippen MR) is 72.7 cm³/mol. The third-order valence-electron chi connectivity index (χ3n) is 5.31. The number of hydrogen-bond donors (Lipinski definition) is 2. The minimum absolute atomic E-state index is 0.0619. The molecule has 0 aromatic carbocycles. The van der Waals surface area contributed by atoms with Crippen LogP contribution in [0.4, 0.5) is 0 Å². The van der Waals surface area contributed by atoms with Crippen LogP contribution in [0.25, 0.3) is 0 Å². The highest BCUT2D eigenvalue weighted by Crippen LogP contribution is 2.39. The first kappa shape index (κ1) is 12.9. The number of rotatable bonds is 2. The Morgan fingerprint density at radius 2 is 2.00 bits per heavy atom. The second-order valence-electron chi connectivity index (χ2n) is 6.15. The highest BCUT2D eigenvalue weighted by atomic mass is 16.3. The van der Waals surface area contributed by atoms with E-state index in [1.165, 1.54) is 38.8 Å². The molecule has 0 spiro atoms. The molecule has 0 aromatic heterocycles. The lowest BCUT2D eigenvalue weighted by molar-refractivity contribution is -0.00624. The van der Waals surface area contributed by atoms with Gasteiger partial charge in [0.25, 0.3) is 0 Å². The van der Waals surface area contributed by atoms with Gasteiger partial charge in [-0.3, -0.25) is 9.80 Å². The molecular formula is C14H27N3O. The maximum Gasteiger partial charge on any atom is 0.0631 e. The Morgan fingerprint density at radius 3 is 2.89 bits per heavy atom. The van der Waals surface area contributed by atoms with Gasteiger partial charge in [-0.25, -0.2) is 0 Å². The van der Waals surface area contributed by atoms with E-state index in [1.807, 2.05) is 0 Å². The van der Waals surface area contributed by atoms with E-state index in [0.717, 1.165) is 32.6 Å². The summed E-state index contributed by atoms with van der Waals surface area (Å²) in [6.07, 6.45) is 6.35. The van der Waals surface area contributed by atoms with Crippen molar-refractivity contribution in [1.29, 1.82) is 0 Å². The van der Waals surface area contributed by atoms with Gasteiger partial charge in [-0.2, -0.15) is 0 Å². The van der Waals surface area contributed by atoms with Gasteiger partial charge in [0, 0.05) is 32.2 Å². The van der Waals surface area contributed by atoms with Crippen molar-refractivity contribution in [2.45, 2.75) is 43.7 Å². The Kier molecular flexibility index (Phi) is 3.89. The van der Waals surface area contributed by atoms with Crippen LogP contribution in [0.5, 0.6) is 0 Å². The molecule has 18 heavy (non-hydrogen) atoms. The molecule has 104 valence electrons. The number of nitrogens with zero attached hydrogens (tertiary/aromatic N) is 2. The summed E-state index contributed by atoms with van der Waals surface area (Å²) in [6.45, 7) is 7.24. The molecule has 0 aromatic rings. The van der Waals surface area contributed by atoms with Gasteiger partial charge in [-0.05, 0) is 38.8 Å². The number of aliphatic hydroxyl groups excluding tert-OH is 1. The van der Waals surface area contributed by atoms with Gasteiger partial charge in [0.05, 0.1) is 12.1 Å². The molecule has 3 saturated heterocycles. The Hall–Kier alpha value is -0.160. The highest BCUT2D eigenvalue weighted by Gasteiger charge is 2.50. The van der Waals surface area contributed by atoms with Gasteiger partial charge in [0.1, 0.15) is 0 Å². The number of nitrogens with one attached hydrogen (secondary N) is 1. The summed E-state index contributed by atoms with van der Waals surface area (Å²) in [7, 11) is 0. The van der Waals surface area contributed by atoms with Crippen LogP contribution in [0.15, 0.2) is 0 Å². The van der Waals surface area contributed by atoms with E-state index < -0.39 is 0 Å². The van der Waals surface area contributed by atoms with E-state index in [-0.39, 0.29) is 5.54 Å². The van der Waals surface area contributed by atoms with Crippen LogP contribution in [-0.4, -0.2) is 72.4 Å². The lowest BCUT2D eigenvalue weighted by Gasteiger charge is -2.46. The molecule has 0 saturated carbocycles. The predicted octanol–water partition coefficient (Wildman–Crippen LogP) is 0.271. The first-order valence-electron chi connectivity index (χ1n) is 7.67. The van der Waals surface area contributed by atoms with E-state index in [9.17, 15) is 5.11 Å². The molecule has 3 rings (SSSR count). The molecule has 0 radical (unpaired) electrons. The summed E-state index contributed by atoms with van der Waals surface area (Å²) < 4.78 is 0. The fourth-order valence-electron chi connectivity index (χ4n) is 4.32. The molecule has 3 heterocycles. The second-order valence-corrected chi connectivity index (χ2v) is 6.15. The quantitative estimate of drug-likeness (QED) is 0.741. The monoisotopic (exact) mass is 253 g/mol. The van der Waals surface area contributed by atoms with E-state index in [1.54, 1.807) is 0 Å². The van der Waals surface area contributed by atoms with Gasteiger partial charge >= 0.3 is 0 Å². The van der Waals surface area contributed by atoms with Crippen molar-refractivity contribution in [1.82, 2.24) is 15.1 Å². The SMILES string of the molecule is OCC1(N2CCCNCC2)CCN2CCCCC21. The Bertz CT molecular complexity index is 278. The van der Waals surface area contributed by atoms with Crippen molar-refractivity contribution in [2.24, 2.45) is 0 Å². The molecule has 0 amide bonds. The smallest absolute Gasteiger partial charge is 0.0631 e. The average molecular weight is 253 g/mol. The molecule has 3 aliphatic heterocycles. The lowest BCUT2D eigenvalue weighted by atomic mass is 9.84. The summed E-state index contributed by atoms with van der Waals surface area (Å²) in [5.41, 5.74) is 0.0619. The lowest BCUT2D eigenvalue weighted by Crippen LogP contribution is -2.60. The summed E-state index contributed by atoms with van der Waals surface area (Å²) in [4.78, 5) is 5.24. The zero-order valence-corrected chi connectivity index (χ0v) is 11.4. The Morgan fingerprint density at radius 1 is 1.06 bits per heavy atom. The topological polar surface area (TPSA) is 38.7 Å². The van der Waals surface area contributed by atoms with Crippen LogP contribution >= 0.6 is 0 Å². The van der Waals surface area contributed by atoms with Crippen LogP contribution in [-0.2, 0) is 0 Å². The standard InChI is InChI=1S/C14H27N3O/c18-12-14(17-9-3-6-15-7-11-17)5-10-16-8-2-1-4-13(14)16/h13,15,18H,1-12H2. The zero-order chi connectivity index (χ0) is 12.4. The molecule has 2 unspecified atom stereocenters. The van der Waals surface area contributed by atoms with Crippen molar-refractivity contribution in [2.75, 3.05) is 45.9 Å². The first-order chi connectivity index (χ1) is 8.87. The van der Waals surface area contributed by atoms with E-state index >= 15 is 0 Å². The fourth-order valence-corrected chi connectivity index (χ4v) is 4.32. The van der Waals surface area contributed by atoms with Crippen molar-refractivity contribution in [3.8, 4) is 0 Å². The third kappa shape index (κ3) is 2.09. The summed E-state index contributed by atoms with van der Waals surface area (Å²) in [5, 5.41) is 13.6. The molecule has 4 nitrogen and oxygen atoms in total. The molecule has 2 N–H and O–H groups in total. The minimum atomic E-state index is 0.0619. The molecular weight excluding hydrogens is 226 g/mol. The van der Waals surface area contributed by atoms with Crippen molar-refractivity contribution < 1.29 is 5.11 Å². The van der Waals surface area contributed by atoms with E-state index in [4.69, 9.17) is 0 Å². The summed E-state index contributed by atoms with van der Waals surface area (Å²) in [5.74, 6) is 0. The van der Waals surface area contributed by atoms with Crippen LogP contribution < -0.4 is 5.32 Å². The molecule has 4 heteroatoms. The average Bonchev–Trinajstić information content (AvgIpc) is 2.61. The Balaban J connectivity index is 1.79. The van der Waals surface area contributed by atoms with Crippen LogP contribution in [0, 0.1) is 0 Å². The number of hydrogen-bond acceptors (Lipinski definition) is 4. The molecule has 0 aliphatic carbocycles. The van der Waals surface area contributed by atoms with E-state index in [2.05, 4.69) is 15.1 Å². The van der Waals surface area contributed by atoms with Crippen LogP contribution in [0.3, 0.4) is 0 Å². The van der Waals surface area contributed by atoms with Gasteiger partial charge < -0.3 is 10.4 Å². The van der Waals surface area contributed by atoms with Crippen LogP contribution in [0.1, 0.15) is 32.1 Å². The number of aliphatic hydroxyl groups is 1. The summed E-state index contributed by atoms with van der Waals surface area (Å²) >= 11 is 0. The van der Waals surface area contributed by atoms with Gasteiger partial charge in [0.2, 0.25) is 0 Å². The molecule has 0 bridgehead atoms. The largest absolute Gasteiger partial charge is 0.394 e. The number of piperidine rings is 1. The first-order valence-corrected chi connectivity index (χ1v) is 7.67. The Labute approximate surface area is 110 Å². The fraction of sp³-hybridized carbons (Fsp3) is 1.00. The molecule has 3 aliphatic rings. The zero-order valence-electron chi connectivity index (χ0n) is 11.4. The second kappa shape index (κ2) is 5.45. The maximum absolute atomic E-state index is 10.1. The summed E-state index contributed by atoms with van der Waals surface area (Å²) in [6, 6.07) is 0.606. The van der Waals surface area contributed by atoms with E-state index in [0.29, 0.717) is 12.6 Å². The van der Waals surface area contributed by atoms with Crippen LogP contribution in [0.2, 0.25) is 0 Å². The van der Waals surface area contributed by atoms with Gasteiger partial charge in [-0.1, -0.05) is 6.42 Å². The normalized spacial score (nSPS) is 39.5. The molecule has 2 atom stereocenters. The van der Waals surface area contributed by atoms with Crippen molar-refractivity contribution in [3.05, 3.63) is 0 Å². The van der Waals surface area contributed by atoms with Gasteiger partial charge in [-0.15, -0.1) is 0 Å². The minimum Gasteiger partial charge on any atom is -0.394 e. The van der Waals surface area contributed by atoms with Crippen molar-refractivity contribution in [3.63, 3.8) is 0 Å². The third-order valence-corrected chi connectivity index (χ3v) is 5.31. The van der Waals surface area contributed by atoms with Gasteiger partial charge in [0.15, 0.2) is 0 Å². The van der Waals surface area contributed by atoms with Crippen molar-refractivity contribution >= 4 is 0 Å². The highest BCUT2D eigenvalue weighted by molar-refractivity contribution is 5.08. The number of fused-ring (bicyclic) bond motifs is 1. The maximum atomic E-state index is 10.1. The molecule has 3 fully saturated rings.